The second kappa shape index (κ2) is 5.11. The van der Waals surface area contributed by atoms with Crippen LogP contribution in [0.3, 0.4) is 0 Å². The predicted octanol–water partition coefficient (Wildman–Crippen LogP) is 1.47. The number of rotatable bonds is 4. The van der Waals surface area contributed by atoms with Gasteiger partial charge >= 0.3 is 17.6 Å². The summed E-state index contributed by atoms with van der Waals surface area (Å²) in [4.78, 5) is 29.5. The van der Waals surface area contributed by atoms with E-state index >= 15 is 0 Å². The van der Waals surface area contributed by atoms with Crippen LogP contribution in [0.1, 0.15) is 23.2 Å². The first-order valence-corrected chi connectivity index (χ1v) is 5.76. The Morgan fingerprint density at radius 1 is 1.55 bits per heavy atom. The second-order valence-corrected chi connectivity index (χ2v) is 3.94. The highest BCUT2D eigenvalue weighted by Gasteiger charge is 2.26. The normalized spacial score (nSPS) is 10.6. The Morgan fingerprint density at radius 2 is 2.25 bits per heavy atom. The number of nitro groups is 1. The van der Waals surface area contributed by atoms with Crippen molar-refractivity contribution in [3.8, 4) is 11.7 Å². The summed E-state index contributed by atoms with van der Waals surface area (Å²) in [6.45, 7) is 3.45. The number of carbonyl (C=O) groups excluding carboxylic acids is 1. The van der Waals surface area contributed by atoms with Gasteiger partial charge in [0.2, 0.25) is 0 Å². The number of nitrogens with zero attached hydrogens (tertiary/aromatic N) is 4. The van der Waals surface area contributed by atoms with Gasteiger partial charge in [-0.3, -0.25) is 0 Å². The molecule has 0 aliphatic carbocycles. The number of imidazole rings is 1. The van der Waals surface area contributed by atoms with Crippen LogP contribution >= 0.6 is 0 Å². The zero-order valence-corrected chi connectivity index (χ0v) is 11.1. The van der Waals surface area contributed by atoms with Gasteiger partial charge in [0.15, 0.2) is 5.69 Å². The van der Waals surface area contributed by atoms with Gasteiger partial charge in [-0.15, -0.1) is 0 Å². The van der Waals surface area contributed by atoms with Gasteiger partial charge < -0.3 is 23.8 Å². The van der Waals surface area contributed by atoms with Crippen molar-refractivity contribution in [2.75, 3.05) is 6.61 Å². The number of esters is 1. The fourth-order valence-corrected chi connectivity index (χ4v) is 1.62. The van der Waals surface area contributed by atoms with Gasteiger partial charge in [-0.05, 0) is 23.8 Å². The fraction of sp³-hybridized carbons (Fsp3) is 0.364. The molecule has 2 aromatic heterocycles. The van der Waals surface area contributed by atoms with Gasteiger partial charge in [-0.2, -0.15) is 4.98 Å². The smallest absolute Gasteiger partial charge is 0.382 e. The van der Waals surface area contributed by atoms with Gasteiger partial charge in [0, 0.05) is 7.05 Å². The minimum atomic E-state index is -0.619. The van der Waals surface area contributed by atoms with Crippen LogP contribution in [0.4, 0.5) is 5.82 Å². The molecule has 9 heteroatoms. The zero-order chi connectivity index (χ0) is 14.9. The van der Waals surface area contributed by atoms with E-state index in [1.165, 1.54) is 10.8 Å². The Hall–Kier alpha value is -2.71. The third-order valence-electron chi connectivity index (χ3n) is 2.51. The number of aromatic nitrogens is 3. The van der Waals surface area contributed by atoms with Crippen molar-refractivity contribution in [1.29, 1.82) is 0 Å². The molecule has 0 spiro atoms. The van der Waals surface area contributed by atoms with Crippen molar-refractivity contribution < 1.29 is 18.9 Å². The Bertz CT molecular complexity index is 672. The van der Waals surface area contributed by atoms with Crippen LogP contribution in [0.2, 0.25) is 0 Å². The molecule has 0 atom stereocenters. The van der Waals surface area contributed by atoms with E-state index < -0.39 is 10.9 Å². The third-order valence-corrected chi connectivity index (χ3v) is 2.51. The minimum absolute atomic E-state index is 0.0288. The molecule has 0 saturated carbocycles. The molecule has 0 aromatic carbocycles. The highest BCUT2D eigenvalue weighted by molar-refractivity contribution is 5.88. The molecule has 0 fully saturated rings. The maximum absolute atomic E-state index is 11.6. The van der Waals surface area contributed by atoms with Crippen LogP contribution in [0.5, 0.6) is 0 Å². The summed E-state index contributed by atoms with van der Waals surface area (Å²) in [5, 5.41) is 10.7. The molecule has 0 unspecified atom stereocenters. The molecule has 106 valence electrons. The zero-order valence-electron chi connectivity index (χ0n) is 11.1. The number of ether oxygens (including phenoxy) is 1. The summed E-state index contributed by atoms with van der Waals surface area (Å²) in [7, 11) is 1.57. The maximum atomic E-state index is 11.6. The largest absolute Gasteiger partial charge is 0.461 e. The summed E-state index contributed by atoms with van der Waals surface area (Å²) >= 11 is 0. The molecule has 20 heavy (non-hydrogen) atoms. The second-order valence-electron chi connectivity index (χ2n) is 3.94. The van der Waals surface area contributed by atoms with Crippen molar-refractivity contribution in [1.82, 2.24) is 14.5 Å². The summed E-state index contributed by atoms with van der Waals surface area (Å²) in [6, 6.07) is 0. The molecule has 2 heterocycles. The number of aryl methyl sites for hydroxylation is 2. The lowest BCUT2D eigenvalue weighted by Gasteiger charge is -1.96. The molecular formula is C11H12N4O5. The Labute approximate surface area is 113 Å². The average molecular weight is 280 g/mol. The Morgan fingerprint density at radius 3 is 2.80 bits per heavy atom. The maximum Gasteiger partial charge on any atom is 0.382 e. The molecule has 0 bridgehead atoms. The van der Waals surface area contributed by atoms with Crippen LogP contribution in [-0.2, 0) is 11.8 Å². The monoisotopic (exact) mass is 280 g/mol. The number of hydrogen-bond acceptors (Lipinski definition) is 7. The van der Waals surface area contributed by atoms with Crippen molar-refractivity contribution in [2.45, 2.75) is 13.8 Å². The molecule has 0 aliphatic rings. The van der Waals surface area contributed by atoms with E-state index in [0.29, 0.717) is 0 Å². The number of carbonyl (C=O) groups is 1. The van der Waals surface area contributed by atoms with Crippen molar-refractivity contribution in [3.63, 3.8) is 0 Å². The minimum Gasteiger partial charge on any atom is -0.461 e. The van der Waals surface area contributed by atoms with E-state index in [1.807, 2.05) is 0 Å². The lowest BCUT2D eigenvalue weighted by Crippen LogP contribution is -2.06. The first kappa shape index (κ1) is 13.7. The molecule has 0 radical (unpaired) electrons. The molecule has 2 aromatic rings. The van der Waals surface area contributed by atoms with E-state index in [9.17, 15) is 14.9 Å². The molecule has 0 amide bonds. The van der Waals surface area contributed by atoms with E-state index in [4.69, 9.17) is 9.15 Å². The predicted molar refractivity (Wildman–Crippen MR) is 66.1 cm³/mol. The van der Waals surface area contributed by atoms with Crippen LogP contribution < -0.4 is 0 Å². The third kappa shape index (κ3) is 2.37. The van der Waals surface area contributed by atoms with Gasteiger partial charge in [-0.1, -0.05) is 0 Å². The fourth-order valence-electron chi connectivity index (χ4n) is 1.62. The highest BCUT2D eigenvalue weighted by atomic mass is 16.6. The van der Waals surface area contributed by atoms with Crippen LogP contribution in [-0.4, -0.2) is 32.0 Å². The van der Waals surface area contributed by atoms with Gasteiger partial charge in [0.25, 0.3) is 5.89 Å². The molecule has 0 aliphatic heterocycles. The summed E-state index contributed by atoms with van der Waals surface area (Å²) in [5.74, 6) is -0.472. The summed E-state index contributed by atoms with van der Waals surface area (Å²) < 4.78 is 11.6. The van der Waals surface area contributed by atoms with Crippen molar-refractivity contribution in [3.05, 3.63) is 27.8 Å². The van der Waals surface area contributed by atoms with E-state index in [-0.39, 0.29) is 35.6 Å². The lowest BCUT2D eigenvalue weighted by atomic mass is 10.4. The first-order valence-electron chi connectivity index (χ1n) is 5.76. The van der Waals surface area contributed by atoms with E-state index in [1.54, 1.807) is 20.9 Å². The van der Waals surface area contributed by atoms with Gasteiger partial charge in [0.1, 0.15) is 12.0 Å². The molecule has 9 nitrogen and oxygen atoms in total. The van der Waals surface area contributed by atoms with Crippen LogP contribution in [0.15, 0.2) is 10.6 Å². The standard InChI is InChI=1S/C11H12N4O5/c1-4-19-11(16)8-6(2)20-10(13-8)9-12-7(15(17)18)5-14(9)3/h5H,4H2,1-3H3. The molecule has 0 N–H and O–H groups in total. The van der Waals surface area contributed by atoms with Gasteiger partial charge in [-0.25, -0.2) is 4.79 Å². The first-order chi connectivity index (χ1) is 9.43. The van der Waals surface area contributed by atoms with Crippen molar-refractivity contribution in [2.24, 2.45) is 7.05 Å². The van der Waals surface area contributed by atoms with Crippen molar-refractivity contribution >= 4 is 11.8 Å². The molecule has 0 saturated heterocycles. The molecular weight excluding hydrogens is 268 g/mol. The summed E-state index contributed by atoms with van der Waals surface area (Å²) in [6.07, 6.45) is 1.24. The van der Waals surface area contributed by atoms with Gasteiger partial charge in [0.05, 0.1) is 6.61 Å². The lowest BCUT2D eigenvalue weighted by molar-refractivity contribution is -0.389. The van der Waals surface area contributed by atoms with Crippen LogP contribution in [0, 0.1) is 17.0 Å². The average Bonchev–Trinajstić information content (AvgIpc) is 2.93. The van der Waals surface area contributed by atoms with Crippen LogP contribution in [0.25, 0.3) is 11.7 Å². The summed E-state index contributed by atoms with van der Waals surface area (Å²) in [5.41, 5.74) is 0.0347. The SMILES string of the molecule is CCOC(=O)c1nc(-c2nc([N+](=O)[O-])cn2C)oc1C. The Balaban J connectivity index is 2.42. The topological polar surface area (TPSA) is 113 Å². The quantitative estimate of drug-likeness (QED) is 0.473. The van der Waals surface area contributed by atoms with E-state index in [2.05, 4.69) is 9.97 Å². The Kier molecular flexibility index (Phi) is 3.51. The van der Waals surface area contributed by atoms with E-state index in [0.717, 1.165) is 0 Å². The highest BCUT2D eigenvalue weighted by Crippen LogP contribution is 2.23. The molecule has 2 rings (SSSR count). The number of oxazole rings is 1. The number of hydrogen-bond donors (Lipinski definition) is 0.